The SMILES string of the molecule is Brc1ccccc1O[C@H]1CN(Cc2ccccc2)[C@@H]2CC[C@H]1C2. The number of hydrogen-bond donors (Lipinski definition) is 0. The zero-order chi connectivity index (χ0) is 15.6. The first-order valence-electron chi connectivity index (χ1n) is 8.49. The molecular weight excluding hydrogens is 350 g/mol. The molecule has 1 saturated carbocycles. The molecule has 0 unspecified atom stereocenters. The summed E-state index contributed by atoms with van der Waals surface area (Å²) < 4.78 is 7.45. The summed E-state index contributed by atoms with van der Waals surface area (Å²) in [6.07, 6.45) is 4.19. The molecule has 2 nitrogen and oxygen atoms in total. The summed E-state index contributed by atoms with van der Waals surface area (Å²) in [6, 6.07) is 19.7. The number of piperidine rings is 1. The second kappa shape index (κ2) is 6.66. The molecule has 2 aliphatic rings. The molecule has 3 atom stereocenters. The van der Waals surface area contributed by atoms with Gasteiger partial charge in [0, 0.05) is 19.1 Å². The van der Waals surface area contributed by atoms with E-state index < -0.39 is 0 Å². The normalized spacial score (nSPS) is 27.1. The first-order valence-corrected chi connectivity index (χ1v) is 9.28. The number of nitrogens with zero attached hydrogens (tertiary/aromatic N) is 1. The molecule has 0 radical (unpaired) electrons. The van der Waals surface area contributed by atoms with Crippen LogP contribution in [0.15, 0.2) is 59.1 Å². The van der Waals surface area contributed by atoms with E-state index in [9.17, 15) is 0 Å². The maximum atomic E-state index is 6.40. The number of hydrogen-bond acceptors (Lipinski definition) is 2. The number of fused-ring (bicyclic) bond motifs is 2. The molecule has 1 saturated heterocycles. The Morgan fingerprint density at radius 2 is 1.78 bits per heavy atom. The smallest absolute Gasteiger partial charge is 0.133 e. The van der Waals surface area contributed by atoms with Crippen LogP contribution in [-0.2, 0) is 6.54 Å². The van der Waals surface area contributed by atoms with Crippen molar-refractivity contribution in [3.63, 3.8) is 0 Å². The van der Waals surface area contributed by atoms with Gasteiger partial charge < -0.3 is 4.74 Å². The second-order valence-electron chi connectivity index (χ2n) is 6.73. The highest BCUT2D eigenvalue weighted by Gasteiger charge is 2.41. The second-order valence-corrected chi connectivity index (χ2v) is 7.58. The molecule has 2 fully saturated rings. The summed E-state index contributed by atoms with van der Waals surface area (Å²) in [4.78, 5) is 2.63. The zero-order valence-electron chi connectivity index (χ0n) is 13.2. The molecule has 2 bridgehead atoms. The van der Waals surface area contributed by atoms with Crippen LogP contribution in [0, 0.1) is 5.92 Å². The maximum Gasteiger partial charge on any atom is 0.133 e. The molecule has 1 aliphatic carbocycles. The minimum absolute atomic E-state index is 0.302. The van der Waals surface area contributed by atoms with E-state index in [1.165, 1.54) is 24.8 Å². The third-order valence-electron chi connectivity index (χ3n) is 5.25. The first-order chi connectivity index (χ1) is 11.3. The Morgan fingerprint density at radius 3 is 2.61 bits per heavy atom. The Morgan fingerprint density at radius 1 is 1.00 bits per heavy atom. The molecule has 0 amide bonds. The molecular formula is C20H22BrNO. The number of ether oxygens (including phenoxy) is 1. The van der Waals surface area contributed by atoms with E-state index in [2.05, 4.69) is 63.3 Å². The van der Waals surface area contributed by atoms with Crippen LogP contribution in [-0.4, -0.2) is 23.6 Å². The van der Waals surface area contributed by atoms with Crippen molar-refractivity contribution < 1.29 is 4.74 Å². The average Bonchev–Trinajstić information content (AvgIpc) is 3.00. The fourth-order valence-electron chi connectivity index (χ4n) is 4.04. The summed E-state index contributed by atoms with van der Waals surface area (Å²) >= 11 is 3.61. The van der Waals surface area contributed by atoms with Crippen molar-refractivity contribution in [3.8, 4) is 5.75 Å². The van der Waals surface area contributed by atoms with Crippen LogP contribution in [0.4, 0.5) is 0 Å². The van der Waals surface area contributed by atoms with E-state index in [0.717, 1.165) is 29.4 Å². The molecule has 1 aliphatic heterocycles. The van der Waals surface area contributed by atoms with Gasteiger partial charge >= 0.3 is 0 Å². The van der Waals surface area contributed by atoms with E-state index >= 15 is 0 Å². The summed E-state index contributed by atoms with van der Waals surface area (Å²) in [6.45, 7) is 2.07. The van der Waals surface area contributed by atoms with E-state index in [4.69, 9.17) is 4.74 Å². The van der Waals surface area contributed by atoms with Crippen LogP contribution in [0.1, 0.15) is 24.8 Å². The Labute approximate surface area is 146 Å². The van der Waals surface area contributed by atoms with E-state index in [1.54, 1.807) is 0 Å². The highest BCUT2D eigenvalue weighted by molar-refractivity contribution is 9.10. The third-order valence-corrected chi connectivity index (χ3v) is 5.90. The van der Waals surface area contributed by atoms with Gasteiger partial charge in [0.25, 0.3) is 0 Å². The predicted octanol–water partition coefficient (Wildman–Crippen LogP) is 4.88. The predicted molar refractivity (Wildman–Crippen MR) is 96.5 cm³/mol. The van der Waals surface area contributed by atoms with Crippen molar-refractivity contribution >= 4 is 15.9 Å². The molecule has 2 aromatic rings. The van der Waals surface area contributed by atoms with Crippen LogP contribution >= 0.6 is 15.9 Å². The summed E-state index contributed by atoms with van der Waals surface area (Å²) in [5.74, 6) is 1.68. The Kier molecular flexibility index (Phi) is 4.41. The van der Waals surface area contributed by atoms with Gasteiger partial charge in [-0.05, 0) is 58.8 Å². The van der Waals surface area contributed by atoms with Crippen LogP contribution in [0.2, 0.25) is 0 Å². The van der Waals surface area contributed by atoms with Gasteiger partial charge in [0.15, 0.2) is 0 Å². The third kappa shape index (κ3) is 3.31. The van der Waals surface area contributed by atoms with Crippen molar-refractivity contribution in [2.75, 3.05) is 6.54 Å². The van der Waals surface area contributed by atoms with Crippen molar-refractivity contribution in [2.45, 2.75) is 38.0 Å². The van der Waals surface area contributed by atoms with Crippen LogP contribution < -0.4 is 4.74 Å². The largest absolute Gasteiger partial charge is 0.488 e. The van der Waals surface area contributed by atoms with Gasteiger partial charge in [0.1, 0.15) is 11.9 Å². The number of benzene rings is 2. The van der Waals surface area contributed by atoms with Crippen LogP contribution in [0.5, 0.6) is 5.75 Å². The Balaban J connectivity index is 1.49. The lowest BCUT2D eigenvalue weighted by Crippen LogP contribution is -2.47. The monoisotopic (exact) mass is 371 g/mol. The van der Waals surface area contributed by atoms with Crippen LogP contribution in [0.25, 0.3) is 0 Å². The first kappa shape index (κ1) is 15.2. The molecule has 120 valence electrons. The minimum atomic E-state index is 0.302. The zero-order valence-corrected chi connectivity index (χ0v) is 14.8. The average molecular weight is 372 g/mol. The lowest BCUT2D eigenvalue weighted by molar-refractivity contribution is 0.0335. The highest BCUT2D eigenvalue weighted by atomic mass is 79.9. The van der Waals surface area contributed by atoms with Gasteiger partial charge in [-0.1, -0.05) is 42.5 Å². The van der Waals surface area contributed by atoms with Crippen LogP contribution in [0.3, 0.4) is 0 Å². The quantitative estimate of drug-likeness (QED) is 0.759. The van der Waals surface area contributed by atoms with Crippen molar-refractivity contribution in [1.82, 2.24) is 4.90 Å². The molecule has 2 aromatic carbocycles. The maximum absolute atomic E-state index is 6.40. The van der Waals surface area contributed by atoms with E-state index in [-0.39, 0.29) is 0 Å². The minimum Gasteiger partial charge on any atom is -0.488 e. The molecule has 3 heteroatoms. The molecule has 0 aromatic heterocycles. The van der Waals surface area contributed by atoms with E-state index in [0.29, 0.717) is 12.0 Å². The highest BCUT2D eigenvalue weighted by Crippen LogP contribution is 2.40. The van der Waals surface area contributed by atoms with Gasteiger partial charge in [0.05, 0.1) is 4.47 Å². The number of likely N-dealkylation sites (tertiary alicyclic amines) is 1. The Bertz CT molecular complexity index is 660. The molecule has 1 heterocycles. The summed E-state index contributed by atoms with van der Waals surface area (Å²) in [5, 5.41) is 0. The number of rotatable bonds is 4. The molecule has 23 heavy (non-hydrogen) atoms. The van der Waals surface area contributed by atoms with Crippen molar-refractivity contribution in [3.05, 3.63) is 64.6 Å². The number of halogens is 1. The van der Waals surface area contributed by atoms with Crippen molar-refractivity contribution in [1.29, 1.82) is 0 Å². The Hall–Kier alpha value is -1.32. The number of para-hydroxylation sites is 1. The lowest BCUT2D eigenvalue weighted by atomic mass is 9.95. The molecule has 0 spiro atoms. The summed E-state index contributed by atoms with van der Waals surface area (Å²) in [5.41, 5.74) is 1.40. The van der Waals surface area contributed by atoms with Gasteiger partial charge in [0.2, 0.25) is 0 Å². The topological polar surface area (TPSA) is 12.5 Å². The lowest BCUT2D eigenvalue weighted by Gasteiger charge is -2.38. The fraction of sp³-hybridized carbons (Fsp3) is 0.400. The fourth-order valence-corrected chi connectivity index (χ4v) is 4.42. The molecule has 0 N–H and O–H groups in total. The van der Waals surface area contributed by atoms with Gasteiger partial charge in [-0.2, -0.15) is 0 Å². The van der Waals surface area contributed by atoms with Gasteiger partial charge in [-0.25, -0.2) is 0 Å². The summed E-state index contributed by atoms with van der Waals surface area (Å²) in [7, 11) is 0. The van der Waals surface area contributed by atoms with Crippen molar-refractivity contribution in [2.24, 2.45) is 5.92 Å². The standard InChI is InChI=1S/C20H22BrNO/c21-18-8-4-5-9-19(18)23-20-14-22(17-11-10-16(20)12-17)13-15-6-2-1-3-7-15/h1-9,16-17,20H,10-14H2/t16-,17+,20-/m0/s1. The van der Waals surface area contributed by atoms with E-state index in [1.807, 2.05) is 12.1 Å². The van der Waals surface area contributed by atoms with Gasteiger partial charge in [-0.15, -0.1) is 0 Å². The molecule has 4 rings (SSSR count). The van der Waals surface area contributed by atoms with Gasteiger partial charge in [-0.3, -0.25) is 4.90 Å².